The molecule has 7 heteroatoms. The molecular weight excluding hydrogens is 343 g/mol. The first-order chi connectivity index (χ1) is 11.8. The molecule has 0 spiro atoms. The van der Waals surface area contributed by atoms with Crippen LogP contribution in [-0.4, -0.2) is 23.1 Å². The number of nitrogens with one attached hydrogen (secondary N) is 1. The second kappa shape index (κ2) is 8.11. The summed E-state index contributed by atoms with van der Waals surface area (Å²) >= 11 is 1.29. The molecule has 0 radical (unpaired) electrons. The van der Waals surface area contributed by atoms with Crippen molar-refractivity contribution >= 4 is 23.4 Å². The van der Waals surface area contributed by atoms with Crippen LogP contribution in [0.25, 0.3) is 0 Å². The summed E-state index contributed by atoms with van der Waals surface area (Å²) in [6.45, 7) is 4.05. The van der Waals surface area contributed by atoms with Crippen molar-refractivity contribution in [3.63, 3.8) is 0 Å². The van der Waals surface area contributed by atoms with Gasteiger partial charge in [0.25, 0.3) is 5.69 Å². The molecule has 2 rings (SSSR count). The van der Waals surface area contributed by atoms with Gasteiger partial charge in [0.1, 0.15) is 5.82 Å². The highest BCUT2D eigenvalue weighted by atomic mass is 32.2. The van der Waals surface area contributed by atoms with Crippen LogP contribution in [0.2, 0.25) is 0 Å². The van der Waals surface area contributed by atoms with Gasteiger partial charge in [-0.2, -0.15) is 0 Å². The highest BCUT2D eigenvalue weighted by Crippen LogP contribution is 2.25. The number of halogens is 1. The number of nitro groups is 1. The molecule has 0 atom stereocenters. The van der Waals surface area contributed by atoms with E-state index in [1.54, 1.807) is 30.3 Å². The Morgan fingerprint density at radius 1 is 1.20 bits per heavy atom. The fourth-order valence-electron chi connectivity index (χ4n) is 2.29. The Morgan fingerprint density at radius 2 is 1.84 bits per heavy atom. The third kappa shape index (κ3) is 5.29. The predicted octanol–water partition coefficient (Wildman–Crippen LogP) is 3.92. The Morgan fingerprint density at radius 3 is 2.44 bits per heavy atom. The number of thioether (sulfide) groups is 1. The molecule has 0 saturated heterocycles. The van der Waals surface area contributed by atoms with Crippen LogP contribution in [0.1, 0.15) is 19.4 Å². The molecule has 0 aliphatic heterocycles. The van der Waals surface area contributed by atoms with Gasteiger partial charge < -0.3 is 5.32 Å². The highest BCUT2D eigenvalue weighted by molar-refractivity contribution is 8.00. The molecule has 0 saturated carbocycles. The Labute approximate surface area is 149 Å². The Bertz CT molecular complexity index is 763. The zero-order chi connectivity index (χ0) is 18.4. The van der Waals surface area contributed by atoms with Crippen LogP contribution in [-0.2, 0) is 10.2 Å². The van der Waals surface area contributed by atoms with Gasteiger partial charge in [0.2, 0.25) is 5.91 Å². The van der Waals surface area contributed by atoms with Crippen molar-refractivity contribution in [3.8, 4) is 0 Å². The van der Waals surface area contributed by atoms with Crippen LogP contribution < -0.4 is 5.32 Å². The lowest BCUT2D eigenvalue weighted by Gasteiger charge is -2.26. The summed E-state index contributed by atoms with van der Waals surface area (Å²) in [5.41, 5.74) is 0.0396. The zero-order valence-electron chi connectivity index (χ0n) is 14.0. The zero-order valence-corrected chi connectivity index (χ0v) is 14.8. The smallest absolute Gasteiger partial charge is 0.269 e. The van der Waals surface area contributed by atoms with Crippen molar-refractivity contribution in [3.05, 3.63) is 70.0 Å². The van der Waals surface area contributed by atoms with Crippen molar-refractivity contribution in [1.29, 1.82) is 0 Å². The minimum Gasteiger partial charge on any atom is -0.355 e. The van der Waals surface area contributed by atoms with Crippen molar-refractivity contribution in [2.75, 3.05) is 12.3 Å². The topological polar surface area (TPSA) is 72.2 Å². The summed E-state index contributed by atoms with van der Waals surface area (Å²) < 4.78 is 13.9. The molecule has 0 bridgehead atoms. The van der Waals surface area contributed by atoms with E-state index in [1.165, 1.54) is 30.0 Å². The standard InChI is InChI=1S/C18H19FN2O3S/c1-18(2,15-5-3-4-6-16(15)19)12-20-17(22)11-25-14-9-7-13(8-10-14)21(23)24/h3-10H,11-12H2,1-2H3,(H,20,22). The normalized spacial score (nSPS) is 11.2. The maximum Gasteiger partial charge on any atom is 0.269 e. The number of amides is 1. The maximum absolute atomic E-state index is 13.9. The molecule has 0 aromatic heterocycles. The molecule has 0 aliphatic rings. The van der Waals surface area contributed by atoms with E-state index < -0.39 is 10.3 Å². The van der Waals surface area contributed by atoms with Gasteiger partial charge in [0.15, 0.2) is 0 Å². The highest BCUT2D eigenvalue weighted by Gasteiger charge is 2.24. The summed E-state index contributed by atoms with van der Waals surface area (Å²) in [4.78, 5) is 22.9. The molecule has 25 heavy (non-hydrogen) atoms. The van der Waals surface area contributed by atoms with E-state index in [0.717, 1.165) is 4.90 Å². The number of carbonyl (C=O) groups is 1. The summed E-state index contributed by atoms with van der Waals surface area (Å²) in [6.07, 6.45) is 0. The Balaban J connectivity index is 1.86. The lowest BCUT2D eigenvalue weighted by Crippen LogP contribution is -2.38. The number of nitrogens with zero attached hydrogens (tertiary/aromatic N) is 1. The first-order valence-electron chi connectivity index (χ1n) is 7.68. The largest absolute Gasteiger partial charge is 0.355 e. The molecule has 0 unspecified atom stereocenters. The summed E-state index contributed by atoms with van der Waals surface area (Å²) in [7, 11) is 0. The van der Waals surface area contributed by atoms with Gasteiger partial charge in [-0.25, -0.2) is 4.39 Å². The van der Waals surface area contributed by atoms with E-state index in [9.17, 15) is 19.3 Å². The van der Waals surface area contributed by atoms with Gasteiger partial charge in [-0.15, -0.1) is 11.8 Å². The number of rotatable bonds is 7. The van der Waals surface area contributed by atoms with Gasteiger partial charge in [0.05, 0.1) is 10.7 Å². The van der Waals surface area contributed by atoms with Crippen LogP contribution in [0.15, 0.2) is 53.4 Å². The monoisotopic (exact) mass is 362 g/mol. The lowest BCUT2D eigenvalue weighted by atomic mass is 9.84. The number of non-ortho nitro benzene ring substituents is 1. The van der Waals surface area contributed by atoms with Crippen molar-refractivity contribution in [1.82, 2.24) is 5.32 Å². The summed E-state index contributed by atoms with van der Waals surface area (Å²) in [5.74, 6) is -0.277. The van der Waals surface area contributed by atoms with Crippen LogP contribution in [0.4, 0.5) is 10.1 Å². The maximum atomic E-state index is 13.9. The van der Waals surface area contributed by atoms with Gasteiger partial charge >= 0.3 is 0 Å². The average molecular weight is 362 g/mol. The van der Waals surface area contributed by atoms with Crippen molar-refractivity contribution in [2.45, 2.75) is 24.2 Å². The van der Waals surface area contributed by atoms with E-state index in [0.29, 0.717) is 12.1 Å². The molecule has 0 heterocycles. The van der Waals surface area contributed by atoms with Gasteiger partial charge in [0, 0.05) is 29.0 Å². The summed E-state index contributed by atoms with van der Waals surface area (Å²) in [6, 6.07) is 12.6. The fraction of sp³-hybridized carbons (Fsp3) is 0.278. The third-order valence-corrected chi connectivity index (χ3v) is 4.76. The van der Waals surface area contributed by atoms with Gasteiger partial charge in [-0.1, -0.05) is 32.0 Å². The molecule has 1 amide bonds. The van der Waals surface area contributed by atoms with Crippen molar-refractivity contribution in [2.24, 2.45) is 0 Å². The number of hydrogen-bond acceptors (Lipinski definition) is 4. The molecular formula is C18H19FN2O3S. The number of benzene rings is 2. The Hall–Kier alpha value is -2.41. The Kier molecular flexibility index (Phi) is 6.14. The fourth-order valence-corrected chi connectivity index (χ4v) is 3.02. The molecule has 132 valence electrons. The quantitative estimate of drug-likeness (QED) is 0.460. The summed E-state index contributed by atoms with van der Waals surface area (Å²) in [5, 5.41) is 13.4. The molecule has 5 nitrogen and oxygen atoms in total. The van der Waals surface area contributed by atoms with E-state index in [2.05, 4.69) is 5.32 Å². The van der Waals surface area contributed by atoms with Crippen LogP contribution in [0.5, 0.6) is 0 Å². The molecule has 2 aromatic carbocycles. The predicted molar refractivity (Wildman–Crippen MR) is 96.3 cm³/mol. The van der Waals surface area contributed by atoms with Gasteiger partial charge in [-0.3, -0.25) is 14.9 Å². The molecule has 2 aromatic rings. The average Bonchev–Trinajstić information content (AvgIpc) is 2.59. The van der Waals surface area contributed by atoms with Crippen LogP contribution in [0, 0.1) is 15.9 Å². The molecule has 0 aliphatic carbocycles. The number of hydrogen-bond donors (Lipinski definition) is 1. The number of carbonyl (C=O) groups excluding carboxylic acids is 1. The van der Waals surface area contributed by atoms with E-state index >= 15 is 0 Å². The first-order valence-corrected chi connectivity index (χ1v) is 8.67. The SMILES string of the molecule is CC(C)(CNC(=O)CSc1ccc([N+](=O)[O-])cc1)c1ccccc1F. The minimum atomic E-state index is -0.529. The first kappa shape index (κ1) is 18.9. The van der Waals surface area contributed by atoms with E-state index in [4.69, 9.17) is 0 Å². The van der Waals surface area contributed by atoms with Crippen LogP contribution in [0.3, 0.4) is 0 Å². The lowest BCUT2D eigenvalue weighted by molar-refractivity contribution is -0.384. The molecule has 0 fully saturated rings. The number of nitro benzene ring substituents is 1. The van der Waals surface area contributed by atoms with E-state index in [1.807, 2.05) is 13.8 Å². The minimum absolute atomic E-state index is 0.0143. The second-order valence-electron chi connectivity index (χ2n) is 6.18. The third-order valence-electron chi connectivity index (χ3n) is 3.75. The second-order valence-corrected chi connectivity index (χ2v) is 7.23. The van der Waals surface area contributed by atoms with Crippen LogP contribution >= 0.6 is 11.8 Å². The van der Waals surface area contributed by atoms with E-state index in [-0.39, 0.29) is 23.2 Å². The van der Waals surface area contributed by atoms with Crippen molar-refractivity contribution < 1.29 is 14.1 Å². The molecule has 1 N–H and O–H groups in total. The van der Waals surface area contributed by atoms with Gasteiger partial charge in [-0.05, 0) is 23.8 Å².